The molecule has 4 heteroatoms. The van der Waals surface area contributed by atoms with Gasteiger partial charge in [-0.2, -0.15) is 0 Å². The Kier molecular flexibility index (Phi) is 4.86. The molecule has 0 unspecified atom stereocenters. The average molecular weight is 326 g/mol. The van der Waals surface area contributed by atoms with Gasteiger partial charge in [-0.05, 0) is 37.0 Å². The van der Waals surface area contributed by atoms with Crippen molar-refractivity contribution < 1.29 is 9.90 Å². The average Bonchev–Trinajstić information content (AvgIpc) is 2.42. The third kappa shape index (κ3) is 3.50. The second-order valence-electron chi connectivity index (χ2n) is 5.19. The Hall–Kier alpha value is -1.03. The summed E-state index contributed by atoms with van der Waals surface area (Å²) in [7, 11) is 0. The van der Waals surface area contributed by atoms with Crippen molar-refractivity contribution in [2.75, 3.05) is 13.1 Å². The highest BCUT2D eigenvalue weighted by Crippen LogP contribution is 2.27. The number of hydrogen-bond donors (Lipinski definition) is 1. The number of hydrogen-bond acceptors (Lipinski definition) is 2. The fourth-order valence-electron chi connectivity index (χ4n) is 2.68. The molecule has 1 aliphatic rings. The summed E-state index contributed by atoms with van der Waals surface area (Å²) in [6.07, 6.45) is 4.62. The van der Waals surface area contributed by atoms with Crippen LogP contribution >= 0.6 is 15.9 Å². The summed E-state index contributed by atoms with van der Waals surface area (Å²) in [5.74, 6) is 0.753. The van der Waals surface area contributed by atoms with Crippen molar-refractivity contribution in [1.29, 1.82) is 0 Å². The summed E-state index contributed by atoms with van der Waals surface area (Å²) >= 11 is 3.34. The predicted molar refractivity (Wildman–Crippen MR) is 79.3 cm³/mol. The molecule has 1 fully saturated rings. The van der Waals surface area contributed by atoms with Crippen LogP contribution in [-0.2, 0) is 0 Å². The van der Waals surface area contributed by atoms with Crippen molar-refractivity contribution in [1.82, 2.24) is 4.90 Å². The number of benzene rings is 1. The lowest BCUT2D eigenvalue weighted by atomic mass is 9.92. The lowest BCUT2D eigenvalue weighted by molar-refractivity contribution is 0.0683. The van der Waals surface area contributed by atoms with Crippen molar-refractivity contribution in [3.63, 3.8) is 0 Å². The molecule has 0 spiro atoms. The van der Waals surface area contributed by atoms with E-state index in [9.17, 15) is 9.90 Å². The first-order chi connectivity index (χ1) is 9.11. The van der Waals surface area contributed by atoms with E-state index in [4.69, 9.17) is 0 Å². The van der Waals surface area contributed by atoms with Crippen LogP contribution in [0.15, 0.2) is 22.7 Å². The van der Waals surface area contributed by atoms with E-state index in [0.29, 0.717) is 5.56 Å². The van der Waals surface area contributed by atoms with Gasteiger partial charge in [-0.3, -0.25) is 4.79 Å². The quantitative estimate of drug-likeness (QED) is 0.918. The zero-order valence-corrected chi connectivity index (χ0v) is 12.8. The number of nitrogens with zero attached hydrogens (tertiary/aromatic N) is 1. The van der Waals surface area contributed by atoms with Gasteiger partial charge in [0.2, 0.25) is 0 Å². The highest BCUT2D eigenvalue weighted by atomic mass is 79.9. The summed E-state index contributed by atoms with van der Waals surface area (Å²) in [4.78, 5) is 14.2. The second-order valence-corrected chi connectivity index (χ2v) is 6.10. The molecule has 0 bridgehead atoms. The lowest BCUT2D eigenvalue weighted by Crippen LogP contribution is -2.38. The van der Waals surface area contributed by atoms with Crippen LogP contribution in [0.1, 0.15) is 43.0 Å². The molecule has 1 heterocycles. The van der Waals surface area contributed by atoms with E-state index >= 15 is 0 Å². The van der Waals surface area contributed by atoms with Crippen LogP contribution in [0.4, 0.5) is 0 Å². The van der Waals surface area contributed by atoms with Gasteiger partial charge >= 0.3 is 0 Å². The van der Waals surface area contributed by atoms with Crippen molar-refractivity contribution in [3.05, 3.63) is 28.2 Å². The Morgan fingerprint density at radius 3 is 2.74 bits per heavy atom. The molecular formula is C15H20BrNO2. The first-order valence-electron chi connectivity index (χ1n) is 6.89. The molecule has 1 aliphatic heterocycles. The number of aromatic hydroxyl groups is 1. The van der Waals surface area contributed by atoms with Crippen LogP contribution in [0.5, 0.6) is 5.75 Å². The minimum absolute atomic E-state index is 0.0591. The number of halogens is 1. The highest BCUT2D eigenvalue weighted by molar-refractivity contribution is 9.10. The van der Waals surface area contributed by atoms with E-state index in [2.05, 4.69) is 22.9 Å². The standard InChI is InChI=1S/C15H20BrNO2/c1-2-3-11-6-8-17(9-7-11)15(19)13-10-12(16)4-5-14(13)18/h4-5,10-11,18H,2-3,6-9H2,1H3. The van der Waals surface area contributed by atoms with Gasteiger partial charge in [0.15, 0.2) is 0 Å². The SMILES string of the molecule is CCCC1CCN(C(=O)c2cc(Br)ccc2O)CC1. The molecule has 0 radical (unpaired) electrons. The van der Waals surface area contributed by atoms with Crippen LogP contribution in [0.2, 0.25) is 0 Å². The summed E-state index contributed by atoms with van der Waals surface area (Å²) in [6, 6.07) is 4.98. The van der Waals surface area contributed by atoms with Crippen LogP contribution < -0.4 is 0 Å². The van der Waals surface area contributed by atoms with Crippen LogP contribution in [0.25, 0.3) is 0 Å². The van der Waals surface area contributed by atoms with Gasteiger partial charge in [-0.25, -0.2) is 0 Å². The molecule has 0 saturated carbocycles. The van der Waals surface area contributed by atoms with E-state index in [1.165, 1.54) is 12.8 Å². The molecule has 2 rings (SSSR count). The third-order valence-electron chi connectivity index (χ3n) is 3.79. The number of phenolic OH excluding ortho intramolecular Hbond substituents is 1. The van der Waals surface area contributed by atoms with Crippen molar-refractivity contribution >= 4 is 21.8 Å². The fourth-order valence-corrected chi connectivity index (χ4v) is 3.04. The molecule has 1 amide bonds. The molecule has 19 heavy (non-hydrogen) atoms. The summed E-state index contributed by atoms with van der Waals surface area (Å²) < 4.78 is 0.814. The number of piperidine rings is 1. The summed E-state index contributed by atoms with van der Waals surface area (Å²) in [5, 5.41) is 9.80. The Morgan fingerprint density at radius 2 is 2.11 bits per heavy atom. The number of rotatable bonds is 3. The zero-order valence-electron chi connectivity index (χ0n) is 11.2. The van der Waals surface area contributed by atoms with E-state index < -0.39 is 0 Å². The molecule has 0 atom stereocenters. The van der Waals surface area contributed by atoms with Crippen molar-refractivity contribution in [2.24, 2.45) is 5.92 Å². The van der Waals surface area contributed by atoms with Crippen molar-refractivity contribution in [3.8, 4) is 5.75 Å². The maximum atomic E-state index is 12.4. The van der Waals surface area contributed by atoms with Gasteiger partial charge in [-0.1, -0.05) is 35.7 Å². The molecule has 104 valence electrons. The van der Waals surface area contributed by atoms with Crippen LogP contribution in [0.3, 0.4) is 0 Å². The van der Waals surface area contributed by atoms with Gasteiger partial charge in [-0.15, -0.1) is 0 Å². The van der Waals surface area contributed by atoms with E-state index in [1.807, 2.05) is 4.90 Å². The maximum Gasteiger partial charge on any atom is 0.257 e. The number of phenols is 1. The molecule has 0 aromatic heterocycles. The van der Waals surface area contributed by atoms with Gasteiger partial charge < -0.3 is 10.0 Å². The largest absolute Gasteiger partial charge is 0.507 e. The minimum atomic E-state index is -0.0613. The minimum Gasteiger partial charge on any atom is -0.507 e. The van der Waals surface area contributed by atoms with Gasteiger partial charge in [0.1, 0.15) is 5.75 Å². The second kappa shape index (κ2) is 6.42. The topological polar surface area (TPSA) is 40.5 Å². The van der Waals surface area contributed by atoms with Gasteiger partial charge in [0.25, 0.3) is 5.91 Å². The molecule has 1 aromatic rings. The Bertz CT molecular complexity index is 453. The van der Waals surface area contributed by atoms with E-state index in [-0.39, 0.29) is 11.7 Å². The Morgan fingerprint density at radius 1 is 1.42 bits per heavy atom. The number of carbonyl (C=O) groups excluding carboxylic acids is 1. The monoisotopic (exact) mass is 325 g/mol. The molecule has 1 saturated heterocycles. The highest BCUT2D eigenvalue weighted by Gasteiger charge is 2.24. The molecule has 0 aliphatic carbocycles. The van der Waals surface area contributed by atoms with Crippen LogP contribution in [-0.4, -0.2) is 29.0 Å². The predicted octanol–water partition coefficient (Wildman–Crippen LogP) is 3.81. The lowest BCUT2D eigenvalue weighted by Gasteiger charge is -2.32. The molecular weight excluding hydrogens is 306 g/mol. The van der Waals surface area contributed by atoms with E-state index in [0.717, 1.165) is 36.3 Å². The van der Waals surface area contributed by atoms with E-state index in [1.54, 1.807) is 18.2 Å². The molecule has 1 N–H and O–H groups in total. The third-order valence-corrected chi connectivity index (χ3v) is 4.28. The first-order valence-corrected chi connectivity index (χ1v) is 7.69. The first kappa shape index (κ1) is 14.4. The summed E-state index contributed by atoms with van der Waals surface area (Å²) in [6.45, 7) is 3.81. The normalized spacial score (nSPS) is 16.6. The fraction of sp³-hybridized carbons (Fsp3) is 0.533. The zero-order chi connectivity index (χ0) is 13.8. The number of amides is 1. The van der Waals surface area contributed by atoms with Gasteiger partial charge in [0, 0.05) is 17.6 Å². The Labute approximate surface area is 122 Å². The molecule has 3 nitrogen and oxygen atoms in total. The van der Waals surface area contributed by atoms with Crippen molar-refractivity contribution in [2.45, 2.75) is 32.6 Å². The number of carbonyl (C=O) groups is 1. The van der Waals surface area contributed by atoms with Gasteiger partial charge in [0.05, 0.1) is 5.56 Å². The van der Waals surface area contributed by atoms with Crippen LogP contribution in [0, 0.1) is 5.92 Å². The summed E-state index contributed by atoms with van der Waals surface area (Å²) in [5.41, 5.74) is 0.392. The molecule has 1 aromatic carbocycles. The Balaban J connectivity index is 2.03. The maximum absolute atomic E-state index is 12.4. The smallest absolute Gasteiger partial charge is 0.257 e. The number of likely N-dealkylation sites (tertiary alicyclic amines) is 1.